The Morgan fingerprint density at radius 3 is 2.70 bits per heavy atom. The molecule has 0 spiro atoms. The van der Waals surface area contributed by atoms with E-state index in [1.54, 1.807) is 6.07 Å². The zero-order valence-electron chi connectivity index (χ0n) is 12.5. The molecule has 1 amide bonds. The van der Waals surface area contributed by atoms with Gasteiger partial charge in [0.15, 0.2) is 0 Å². The molecule has 1 N–H and O–H groups in total. The van der Waals surface area contributed by atoms with Crippen molar-refractivity contribution in [3.05, 3.63) is 58.3 Å². The molecule has 0 saturated heterocycles. The van der Waals surface area contributed by atoms with E-state index >= 15 is 0 Å². The molecule has 0 heterocycles. The van der Waals surface area contributed by atoms with Gasteiger partial charge >= 0.3 is 0 Å². The molecular formula is C18H17BrFNO2. The number of halogens is 2. The summed E-state index contributed by atoms with van der Waals surface area (Å²) in [6, 6.07) is 11.3. The fourth-order valence-corrected chi connectivity index (χ4v) is 3.25. The molecule has 0 radical (unpaired) electrons. The molecule has 2 aromatic rings. The maximum absolute atomic E-state index is 13.1. The summed E-state index contributed by atoms with van der Waals surface area (Å²) in [5.41, 5.74) is 1.04. The maximum atomic E-state index is 13.1. The maximum Gasteiger partial charge on any atom is 0.256 e. The number of ether oxygens (including phenoxy) is 1. The standard InChI is InChI=1S/C18H17BrFNO2/c19-17-10-12(20)8-9-16(17)18(22)21-13-4-3-7-15(11-13)23-14-5-1-2-6-14/h3-4,7-11,14H,1-2,5-6H2,(H,21,22). The van der Waals surface area contributed by atoms with Crippen LogP contribution in [0.2, 0.25) is 0 Å². The fraction of sp³-hybridized carbons (Fsp3) is 0.278. The van der Waals surface area contributed by atoms with Gasteiger partial charge in [0.05, 0.1) is 11.7 Å². The predicted molar refractivity (Wildman–Crippen MR) is 91.4 cm³/mol. The highest BCUT2D eigenvalue weighted by molar-refractivity contribution is 9.10. The molecule has 1 fully saturated rings. The van der Waals surface area contributed by atoms with E-state index in [9.17, 15) is 9.18 Å². The van der Waals surface area contributed by atoms with Gasteiger partial charge in [-0.1, -0.05) is 6.07 Å². The van der Waals surface area contributed by atoms with Gasteiger partial charge in [-0.05, 0) is 71.9 Å². The minimum Gasteiger partial charge on any atom is -0.490 e. The number of carbonyl (C=O) groups excluding carboxylic acids is 1. The third-order valence-corrected chi connectivity index (χ3v) is 4.53. The van der Waals surface area contributed by atoms with Crippen molar-refractivity contribution in [2.45, 2.75) is 31.8 Å². The van der Waals surface area contributed by atoms with Crippen molar-refractivity contribution in [1.29, 1.82) is 0 Å². The number of rotatable bonds is 4. The van der Waals surface area contributed by atoms with Crippen molar-refractivity contribution in [3.8, 4) is 5.75 Å². The second kappa shape index (κ2) is 7.13. The number of hydrogen-bond acceptors (Lipinski definition) is 2. The molecule has 0 atom stereocenters. The SMILES string of the molecule is O=C(Nc1cccc(OC2CCCC2)c1)c1ccc(F)cc1Br. The van der Waals surface area contributed by atoms with Gasteiger partial charge in [-0.2, -0.15) is 0 Å². The van der Waals surface area contributed by atoms with Crippen LogP contribution in [-0.2, 0) is 0 Å². The summed E-state index contributed by atoms with van der Waals surface area (Å²) in [5.74, 6) is 0.0724. The first kappa shape index (κ1) is 16.0. The summed E-state index contributed by atoms with van der Waals surface area (Å²) in [5, 5.41) is 2.81. The van der Waals surface area contributed by atoms with Crippen molar-refractivity contribution in [2.24, 2.45) is 0 Å². The zero-order valence-corrected chi connectivity index (χ0v) is 14.1. The topological polar surface area (TPSA) is 38.3 Å². The Hall–Kier alpha value is -1.88. The Labute approximate surface area is 143 Å². The molecular weight excluding hydrogens is 361 g/mol. The van der Waals surface area contributed by atoms with Crippen molar-refractivity contribution in [3.63, 3.8) is 0 Å². The second-order valence-corrected chi connectivity index (χ2v) is 6.48. The van der Waals surface area contributed by atoms with Gasteiger partial charge in [0.2, 0.25) is 0 Å². The lowest BCUT2D eigenvalue weighted by atomic mass is 10.2. The van der Waals surface area contributed by atoms with E-state index in [4.69, 9.17) is 4.74 Å². The first-order valence-electron chi connectivity index (χ1n) is 7.65. The molecule has 1 aliphatic carbocycles. The van der Waals surface area contributed by atoms with E-state index in [1.807, 2.05) is 18.2 Å². The third-order valence-electron chi connectivity index (χ3n) is 3.87. The molecule has 120 valence electrons. The van der Waals surface area contributed by atoms with E-state index < -0.39 is 0 Å². The van der Waals surface area contributed by atoms with Crippen LogP contribution in [0.15, 0.2) is 46.9 Å². The molecule has 3 rings (SSSR count). The zero-order chi connectivity index (χ0) is 16.2. The normalized spacial score (nSPS) is 14.7. The average Bonchev–Trinajstić information content (AvgIpc) is 3.00. The highest BCUT2D eigenvalue weighted by Crippen LogP contribution is 2.26. The molecule has 1 saturated carbocycles. The fourth-order valence-electron chi connectivity index (χ4n) is 2.72. The third kappa shape index (κ3) is 4.10. The number of hydrogen-bond donors (Lipinski definition) is 1. The molecule has 1 aliphatic rings. The van der Waals surface area contributed by atoms with Crippen LogP contribution in [0.3, 0.4) is 0 Å². The minimum atomic E-state index is -0.389. The van der Waals surface area contributed by atoms with Gasteiger partial charge in [-0.15, -0.1) is 0 Å². The summed E-state index contributed by atoms with van der Waals surface area (Å²) < 4.78 is 19.5. The van der Waals surface area contributed by atoms with Crippen LogP contribution in [0.4, 0.5) is 10.1 Å². The lowest BCUT2D eigenvalue weighted by Gasteiger charge is -2.14. The molecule has 0 unspecified atom stereocenters. The lowest BCUT2D eigenvalue weighted by Crippen LogP contribution is -2.14. The van der Waals surface area contributed by atoms with Gasteiger partial charge in [0.25, 0.3) is 5.91 Å². The number of benzene rings is 2. The minimum absolute atomic E-state index is 0.271. The number of amides is 1. The van der Waals surface area contributed by atoms with E-state index in [1.165, 1.54) is 31.0 Å². The highest BCUT2D eigenvalue weighted by Gasteiger charge is 2.17. The van der Waals surface area contributed by atoms with E-state index in [0.717, 1.165) is 18.6 Å². The molecule has 0 aliphatic heterocycles. The summed E-state index contributed by atoms with van der Waals surface area (Å²) in [6.45, 7) is 0. The van der Waals surface area contributed by atoms with E-state index in [2.05, 4.69) is 21.2 Å². The van der Waals surface area contributed by atoms with Gasteiger partial charge < -0.3 is 10.1 Å². The van der Waals surface area contributed by atoms with Crippen LogP contribution in [0, 0.1) is 5.82 Å². The summed E-state index contributed by atoms with van der Waals surface area (Å²) in [7, 11) is 0. The summed E-state index contributed by atoms with van der Waals surface area (Å²) >= 11 is 3.21. The van der Waals surface area contributed by atoms with Crippen molar-refractivity contribution in [2.75, 3.05) is 5.32 Å². The van der Waals surface area contributed by atoms with Gasteiger partial charge in [-0.25, -0.2) is 4.39 Å². The van der Waals surface area contributed by atoms with Crippen molar-refractivity contribution in [1.82, 2.24) is 0 Å². The first-order chi connectivity index (χ1) is 11.1. The van der Waals surface area contributed by atoms with E-state index in [0.29, 0.717) is 15.7 Å². The number of anilines is 1. The molecule has 5 heteroatoms. The molecule has 3 nitrogen and oxygen atoms in total. The lowest BCUT2D eigenvalue weighted by molar-refractivity contribution is 0.102. The Bertz CT molecular complexity index is 714. The highest BCUT2D eigenvalue weighted by atomic mass is 79.9. The van der Waals surface area contributed by atoms with Crippen LogP contribution in [-0.4, -0.2) is 12.0 Å². The van der Waals surface area contributed by atoms with Crippen LogP contribution in [0.1, 0.15) is 36.0 Å². The number of carbonyl (C=O) groups is 1. The summed E-state index contributed by atoms with van der Waals surface area (Å²) in [4.78, 5) is 12.3. The average molecular weight is 378 g/mol. The summed E-state index contributed by atoms with van der Waals surface area (Å²) in [6.07, 6.45) is 4.85. The van der Waals surface area contributed by atoms with Crippen molar-refractivity contribution >= 4 is 27.5 Å². The van der Waals surface area contributed by atoms with Crippen LogP contribution in [0.5, 0.6) is 5.75 Å². The smallest absolute Gasteiger partial charge is 0.256 e. The predicted octanol–water partition coefficient (Wildman–Crippen LogP) is 5.16. The Kier molecular flexibility index (Phi) is 4.96. The van der Waals surface area contributed by atoms with Crippen molar-refractivity contribution < 1.29 is 13.9 Å². The Morgan fingerprint density at radius 2 is 1.96 bits per heavy atom. The molecule has 2 aromatic carbocycles. The number of nitrogens with one attached hydrogen (secondary N) is 1. The van der Waals surface area contributed by atoms with Gasteiger partial charge in [0.1, 0.15) is 11.6 Å². The first-order valence-corrected chi connectivity index (χ1v) is 8.44. The Morgan fingerprint density at radius 1 is 1.17 bits per heavy atom. The van der Waals surface area contributed by atoms with Gasteiger partial charge in [-0.3, -0.25) is 4.79 Å². The second-order valence-electron chi connectivity index (χ2n) is 5.63. The molecule has 0 aromatic heterocycles. The molecule has 23 heavy (non-hydrogen) atoms. The largest absolute Gasteiger partial charge is 0.490 e. The van der Waals surface area contributed by atoms with Gasteiger partial charge in [0, 0.05) is 16.2 Å². The van der Waals surface area contributed by atoms with Crippen LogP contribution >= 0.6 is 15.9 Å². The molecule has 0 bridgehead atoms. The monoisotopic (exact) mass is 377 g/mol. The van der Waals surface area contributed by atoms with E-state index in [-0.39, 0.29) is 17.8 Å². The Balaban J connectivity index is 1.70. The van der Waals surface area contributed by atoms with Crippen LogP contribution in [0.25, 0.3) is 0 Å². The van der Waals surface area contributed by atoms with Crippen LogP contribution < -0.4 is 10.1 Å². The quantitative estimate of drug-likeness (QED) is 0.798.